The standard InChI is InChI=1S/C16H15ClFN5O2/c1-9(6-23-8-19-7-20-23)21-16(24)13-10(2)25-22-15(13)14-11(17)4-3-5-12(14)18/h3-5,7-9H,6H2,1-2H3,(H,21,24). The molecule has 0 fully saturated rings. The fourth-order valence-corrected chi connectivity index (χ4v) is 2.74. The molecule has 3 rings (SSSR count). The summed E-state index contributed by atoms with van der Waals surface area (Å²) in [5.74, 6) is -0.731. The van der Waals surface area contributed by atoms with E-state index in [1.165, 1.54) is 24.5 Å². The van der Waals surface area contributed by atoms with E-state index in [1.807, 2.05) is 6.92 Å². The van der Waals surface area contributed by atoms with E-state index < -0.39 is 11.7 Å². The van der Waals surface area contributed by atoms with Crippen LogP contribution in [0.2, 0.25) is 5.02 Å². The largest absolute Gasteiger partial charge is 0.360 e. The van der Waals surface area contributed by atoms with E-state index in [-0.39, 0.29) is 33.6 Å². The van der Waals surface area contributed by atoms with Crippen molar-refractivity contribution >= 4 is 17.5 Å². The molecular formula is C16H15ClFN5O2. The van der Waals surface area contributed by atoms with Crippen molar-refractivity contribution in [2.45, 2.75) is 26.4 Å². The van der Waals surface area contributed by atoms with E-state index >= 15 is 0 Å². The van der Waals surface area contributed by atoms with Crippen LogP contribution in [0.5, 0.6) is 0 Å². The van der Waals surface area contributed by atoms with Gasteiger partial charge in [-0.1, -0.05) is 22.8 Å². The number of hydrogen-bond donors (Lipinski definition) is 1. The van der Waals surface area contributed by atoms with Gasteiger partial charge in [0.2, 0.25) is 0 Å². The normalized spacial score (nSPS) is 12.2. The Kier molecular flexibility index (Phi) is 4.80. The average molecular weight is 364 g/mol. The van der Waals surface area contributed by atoms with Crippen LogP contribution < -0.4 is 5.32 Å². The van der Waals surface area contributed by atoms with E-state index in [1.54, 1.807) is 17.9 Å². The molecule has 1 amide bonds. The fraction of sp³-hybridized carbons (Fsp3) is 0.250. The van der Waals surface area contributed by atoms with Crippen LogP contribution in [-0.4, -0.2) is 31.9 Å². The summed E-state index contributed by atoms with van der Waals surface area (Å²) < 4.78 is 20.9. The second-order valence-electron chi connectivity index (χ2n) is 5.55. The molecule has 2 heterocycles. The van der Waals surface area contributed by atoms with Gasteiger partial charge in [0.15, 0.2) is 0 Å². The van der Waals surface area contributed by atoms with E-state index in [4.69, 9.17) is 16.1 Å². The molecule has 2 aromatic heterocycles. The summed E-state index contributed by atoms with van der Waals surface area (Å²) >= 11 is 6.08. The molecule has 9 heteroatoms. The Labute approximate surface area is 147 Å². The Morgan fingerprint density at radius 3 is 2.96 bits per heavy atom. The fourth-order valence-electron chi connectivity index (χ4n) is 2.48. The van der Waals surface area contributed by atoms with Crippen molar-refractivity contribution < 1.29 is 13.7 Å². The maximum Gasteiger partial charge on any atom is 0.257 e. The summed E-state index contributed by atoms with van der Waals surface area (Å²) in [6.45, 7) is 3.84. The highest BCUT2D eigenvalue weighted by atomic mass is 35.5. The van der Waals surface area contributed by atoms with Gasteiger partial charge in [-0.3, -0.25) is 9.48 Å². The molecule has 0 spiro atoms. The molecular weight excluding hydrogens is 349 g/mol. The molecule has 0 aliphatic carbocycles. The highest BCUT2D eigenvalue weighted by molar-refractivity contribution is 6.33. The lowest BCUT2D eigenvalue weighted by Gasteiger charge is -2.14. The van der Waals surface area contributed by atoms with Crippen molar-refractivity contribution in [3.63, 3.8) is 0 Å². The maximum atomic E-state index is 14.2. The summed E-state index contributed by atoms with van der Waals surface area (Å²) in [6, 6.07) is 4.01. The average Bonchev–Trinajstić information content (AvgIpc) is 3.17. The van der Waals surface area contributed by atoms with Gasteiger partial charge in [0, 0.05) is 6.04 Å². The molecule has 0 saturated carbocycles. The van der Waals surface area contributed by atoms with Crippen LogP contribution in [0, 0.1) is 12.7 Å². The summed E-state index contributed by atoms with van der Waals surface area (Å²) in [5.41, 5.74) is 0.263. The smallest absolute Gasteiger partial charge is 0.257 e. The van der Waals surface area contributed by atoms with Crippen molar-refractivity contribution in [3.05, 3.63) is 53.0 Å². The first-order valence-corrected chi connectivity index (χ1v) is 7.89. The molecule has 130 valence electrons. The number of aryl methyl sites for hydroxylation is 1. The first-order chi connectivity index (χ1) is 12.0. The lowest BCUT2D eigenvalue weighted by Crippen LogP contribution is -2.36. The predicted molar refractivity (Wildman–Crippen MR) is 88.6 cm³/mol. The number of halogens is 2. The van der Waals surface area contributed by atoms with Crippen LogP contribution in [0.15, 0.2) is 35.4 Å². The van der Waals surface area contributed by atoms with Crippen molar-refractivity contribution in [3.8, 4) is 11.3 Å². The van der Waals surface area contributed by atoms with Gasteiger partial charge in [0.25, 0.3) is 5.91 Å². The Balaban J connectivity index is 1.87. The molecule has 1 atom stereocenters. The molecule has 0 bridgehead atoms. The lowest BCUT2D eigenvalue weighted by atomic mass is 10.0. The van der Waals surface area contributed by atoms with Gasteiger partial charge < -0.3 is 9.84 Å². The Morgan fingerprint density at radius 2 is 2.28 bits per heavy atom. The van der Waals surface area contributed by atoms with Crippen LogP contribution in [0.25, 0.3) is 11.3 Å². The summed E-state index contributed by atoms with van der Waals surface area (Å²) in [5, 5.41) is 10.8. The second-order valence-corrected chi connectivity index (χ2v) is 5.96. The third-order valence-corrected chi connectivity index (χ3v) is 3.91. The summed E-state index contributed by atoms with van der Waals surface area (Å²) in [6.07, 6.45) is 2.97. The monoisotopic (exact) mass is 363 g/mol. The summed E-state index contributed by atoms with van der Waals surface area (Å²) in [7, 11) is 0. The van der Waals surface area contributed by atoms with Gasteiger partial charge in [-0.15, -0.1) is 0 Å². The molecule has 7 nitrogen and oxygen atoms in total. The SMILES string of the molecule is Cc1onc(-c2c(F)cccc2Cl)c1C(=O)NC(C)Cn1cncn1. The van der Waals surface area contributed by atoms with Crippen LogP contribution in [0.1, 0.15) is 23.0 Å². The first-order valence-electron chi connectivity index (χ1n) is 7.51. The number of aromatic nitrogens is 4. The number of amides is 1. The number of hydrogen-bond acceptors (Lipinski definition) is 5. The zero-order valence-electron chi connectivity index (χ0n) is 13.5. The number of nitrogens with zero attached hydrogens (tertiary/aromatic N) is 4. The molecule has 25 heavy (non-hydrogen) atoms. The topological polar surface area (TPSA) is 85.8 Å². The van der Waals surface area contributed by atoms with E-state index in [9.17, 15) is 9.18 Å². The third-order valence-electron chi connectivity index (χ3n) is 3.59. The van der Waals surface area contributed by atoms with E-state index in [0.717, 1.165) is 0 Å². The highest BCUT2D eigenvalue weighted by Gasteiger charge is 2.26. The molecule has 3 aromatic rings. The van der Waals surface area contributed by atoms with Crippen molar-refractivity contribution in [2.75, 3.05) is 0 Å². The maximum absolute atomic E-state index is 14.2. The van der Waals surface area contributed by atoms with Gasteiger partial charge in [-0.05, 0) is 26.0 Å². The van der Waals surface area contributed by atoms with Crippen molar-refractivity contribution in [1.29, 1.82) is 0 Å². The van der Waals surface area contributed by atoms with Crippen LogP contribution >= 0.6 is 11.6 Å². The first kappa shape index (κ1) is 17.1. The minimum absolute atomic E-state index is 0.0371. The highest BCUT2D eigenvalue weighted by Crippen LogP contribution is 2.33. The molecule has 1 N–H and O–H groups in total. The number of rotatable bonds is 5. The predicted octanol–water partition coefficient (Wildman–Crippen LogP) is 2.85. The summed E-state index contributed by atoms with van der Waals surface area (Å²) in [4.78, 5) is 16.5. The zero-order valence-corrected chi connectivity index (χ0v) is 14.3. The number of nitrogens with one attached hydrogen (secondary N) is 1. The quantitative estimate of drug-likeness (QED) is 0.753. The van der Waals surface area contributed by atoms with Crippen molar-refractivity contribution in [2.24, 2.45) is 0 Å². The van der Waals surface area contributed by atoms with Crippen LogP contribution in [0.4, 0.5) is 4.39 Å². The van der Waals surface area contributed by atoms with Gasteiger partial charge >= 0.3 is 0 Å². The molecule has 1 unspecified atom stereocenters. The van der Waals surface area contributed by atoms with Crippen LogP contribution in [0.3, 0.4) is 0 Å². The van der Waals surface area contributed by atoms with E-state index in [0.29, 0.717) is 6.54 Å². The molecule has 0 radical (unpaired) electrons. The third kappa shape index (κ3) is 3.53. The minimum atomic E-state index is -0.578. The Bertz CT molecular complexity index is 874. The number of carbonyl (C=O) groups is 1. The van der Waals surface area contributed by atoms with E-state index in [2.05, 4.69) is 20.6 Å². The number of carbonyl (C=O) groups excluding carboxylic acids is 1. The molecule has 0 aliphatic rings. The van der Waals surface area contributed by atoms with Gasteiger partial charge in [-0.25, -0.2) is 9.37 Å². The molecule has 0 saturated heterocycles. The zero-order chi connectivity index (χ0) is 18.0. The van der Waals surface area contributed by atoms with Crippen LogP contribution in [-0.2, 0) is 6.54 Å². The Hall–Kier alpha value is -2.74. The minimum Gasteiger partial charge on any atom is -0.360 e. The molecule has 1 aromatic carbocycles. The Morgan fingerprint density at radius 1 is 1.48 bits per heavy atom. The van der Waals surface area contributed by atoms with Gasteiger partial charge in [0.05, 0.1) is 17.1 Å². The second kappa shape index (κ2) is 7.02. The molecule has 0 aliphatic heterocycles. The van der Waals surface area contributed by atoms with Crippen molar-refractivity contribution in [1.82, 2.24) is 25.2 Å². The van der Waals surface area contributed by atoms with Gasteiger partial charge in [-0.2, -0.15) is 5.10 Å². The number of benzene rings is 1. The lowest BCUT2D eigenvalue weighted by molar-refractivity contribution is 0.0935. The van der Waals surface area contributed by atoms with Gasteiger partial charge in [0.1, 0.15) is 35.5 Å².